The second-order valence-corrected chi connectivity index (χ2v) is 3.83. The first-order valence-electron chi connectivity index (χ1n) is 5.43. The third kappa shape index (κ3) is 2.12. The molecule has 96 valence electrons. The van der Waals surface area contributed by atoms with Crippen LogP contribution in [0.5, 0.6) is 0 Å². The largest absolute Gasteiger partial charge is 0.408 e. The van der Waals surface area contributed by atoms with E-state index in [9.17, 15) is 4.79 Å². The van der Waals surface area contributed by atoms with E-state index in [1.807, 2.05) is 6.92 Å². The van der Waals surface area contributed by atoms with Gasteiger partial charge >= 0.3 is 6.01 Å². The van der Waals surface area contributed by atoms with Crippen molar-refractivity contribution in [3.63, 3.8) is 0 Å². The van der Waals surface area contributed by atoms with Crippen molar-refractivity contribution in [1.82, 2.24) is 29.8 Å². The van der Waals surface area contributed by atoms with Gasteiger partial charge in [0.25, 0.3) is 11.7 Å². The molecule has 3 heterocycles. The predicted molar refractivity (Wildman–Crippen MR) is 62.5 cm³/mol. The summed E-state index contributed by atoms with van der Waals surface area (Å²) in [5.74, 6) is 0.156. The minimum absolute atomic E-state index is 0.00509. The number of aryl methyl sites for hydroxylation is 2. The Hall–Kier alpha value is -2.84. The molecule has 19 heavy (non-hydrogen) atoms. The first-order valence-corrected chi connectivity index (χ1v) is 5.43. The summed E-state index contributed by atoms with van der Waals surface area (Å²) in [5, 5.41) is 13.7. The number of amides is 1. The third-order valence-corrected chi connectivity index (χ3v) is 2.30. The predicted octanol–water partition coefficient (Wildman–Crippen LogP) is 0.376. The number of carbonyl (C=O) groups excluding carboxylic acids is 1. The van der Waals surface area contributed by atoms with Gasteiger partial charge in [-0.05, 0) is 13.0 Å². The number of anilines is 1. The van der Waals surface area contributed by atoms with E-state index < -0.39 is 5.91 Å². The molecule has 9 heteroatoms. The highest BCUT2D eigenvalue weighted by Crippen LogP contribution is 2.06. The molecule has 0 spiro atoms. The van der Waals surface area contributed by atoms with Crippen LogP contribution in [-0.4, -0.2) is 35.7 Å². The highest BCUT2D eigenvalue weighted by atomic mass is 16.4. The van der Waals surface area contributed by atoms with Gasteiger partial charge in [0.15, 0.2) is 0 Å². The van der Waals surface area contributed by atoms with Crippen LogP contribution < -0.4 is 5.32 Å². The molecular weight excluding hydrogens is 250 g/mol. The Morgan fingerprint density at radius 1 is 1.32 bits per heavy atom. The van der Waals surface area contributed by atoms with Gasteiger partial charge in [0.05, 0.1) is 0 Å². The minimum atomic E-state index is -0.535. The molecule has 0 fully saturated rings. The van der Waals surface area contributed by atoms with Gasteiger partial charge in [-0.15, -0.1) is 10.2 Å². The number of hydrogen-bond donors (Lipinski definition) is 1. The molecule has 1 N–H and O–H groups in total. The van der Waals surface area contributed by atoms with Gasteiger partial charge in [-0.1, -0.05) is 5.10 Å². The molecular formula is C10H9N7O2. The highest BCUT2D eigenvalue weighted by molar-refractivity contribution is 6.00. The summed E-state index contributed by atoms with van der Waals surface area (Å²) in [7, 11) is 0. The number of aromatic nitrogens is 6. The van der Waals surface area contributed by atoms with E-state index in [1.54, 1.807) is 19.2 Å². The Morgan fingerprint density at radius 3 is 2.89 bits per heavy atom. The van der Waals surface area contributed by atoms with Crippen LogP contribution in [0.3, 0.4) is 0 Å². The van der Waals surface area contributed by atoms with Crippen LogP contribution in [0.4, 0.5) is 6.01 Å². The monoisotopic (exact) mass is 259 g/mol. The smallest absolute Gasteiger partial charge is 0.322 e. The molecule has 1 amide bonds. The first-order chi connectivity index (χ1) is 9.11. The summed E-state index contributed by atoms with van der Waals surface area (Å²) in [6.45, 7) is 3.45. The topological polar surface area (TPSA) is 111 Å². The lowest BCUT2D eigenvalue weighted by molar-refractivity contribution is 0.101. The van der Waals surface area contributed by atoms with Crippen molar-refractivity contribution in [2.24, 2.45) is 0 Å². The van der Waals surface area contributed by atoms with Crippen LogP contribution in [0.15, 0.2) is 16.7 Å². The van der Waals surface area contributed by atoms with Crippen LogP contribution in [0.25, 0.3) is 5.78 Å². The van der Waals surface area contributed by atoms with Crippen LogP contribution in [0.1, 0.15) is 22.2 Å². The van der Waals surface area contributed by atoms with Gasteiger partial charge in [0.2, 0.25) is 11.7 Å². The molecule has 0 aliphatic heterocycles. The quantitative estimate of drug-likeness (QED) is 0.707. The van der Waals surface area contributed by atoms with Gasteiger partial charge in [-0.25, -0.2) is 9.50 Å². The fourth-order valence-electron chi connectivity index (χ4n) is 1.46. The van der Waals surface area contributed by atoms with Crippen LogP contribution >= 0.6 is 0 Å². The first kappa shape index (κ1) is 11.3. The van der Waals surface area contributed by atoms with E-state index in [0.29, 0.717) is 11.7 Å². The Bertz CT molecular complexity index is 760. The molecule has 3 rings (SSSR count). The Balaban J connectivity index is 1.89. The molecule has 0 aliphatic rings. The number of fused-ring (bicyclic) bond motifs is 1. The summed E-state index contributed by atoms with van der Waals surface area (Å²) in [6, 6.07) is 1.77. The average molecular weight is 259 g/mol. The molecule has 0 aliphatic carbocycles. The highest BCUT2D eigenvalue weighted by Gasteiger charge is 2.16. The van der Waals surface area contributed by atoms with Gasteiger partial charge < -0.3 is 4.42 Å². The van der Waals surface area contributed by atoms with E-state index >= 15 is 0 Å². The molecule has 0 aromatic carbocycles. The lowest BCUT2D eigenvalue weighted by atomic mass is 10.5. The number of carbonyl (C=O) groups is 1. The maximum Gasteiger partial charge on any atom is 0.322 e. The summed E-state index contributed by atoms with van der Waals surface area (Å²) in [5.41, 5.74) is 0.791. The van der Waals surface area contributed by atoms with E-state index in [4.69, 9.17) is 4.42 Å². The zero-order chi connectivity index (χ0) is 13.4. The van der Waals surface area contributed by atoms with Crippen LogP contribution in [0, 0.1) is 13.8 Å². The van der Waals surface area contributed by atoms with Crippen molar-refractivity contribution in [2.75, 3.05) is 5.32 Å². The molecule has 0 bridgehead atoms. The summed E-state index contributed by atoms with van der Waals surface area (Å²) in [6.07, 6.45) is 1.68. The zero-order valence-corrected chi connectivity index (χ0v) is 10.2. The normalized spacial score (nSPS) is 10.8. The van der Waals surface area contributed by atoms with E-state index in [-0.39, 0.29) is 11.8 Å². The lowest BCUT2D eigenvalue weighted by Gasteiger charge is -1.93. The van der Waals surface area contributed by atoms with Crippen LogP contribution in [0.2, 0.25) is 0 Å². The van der Waals surface area contributed by atoms with Crippen molar-refractivity contribution < 1.29 is 9.21 Å². The van der Waals surface area contributed by atoms with E-state index in [1.165, 1.54) is 4.52 Å². The average Bonchev–Trinajstić information content (AvgIpc) is 2.95. The summed E-state index contributed by atoms with van der Waals surface area (Å²) < 4.78 is 6.45. The van der Waals surface area contributed by atoms with Crippen LogP contribution in [-0.2, 0) is 0 Å². The molecule has 0 unspecified atom stereocenters. The van der Waals surface area contributed by atoms with E-state index in [2.05, 4.69) is 30.6 Å². The van der Waals surface area contributed by atoms with Crippen molar-refractivity contribution >= 4 is 17.7 Å². The molecule has 0 saturated heterocycles. The molecule has 0 radical (unpaired) electrons. The Kier molecular flexibility index (Phi) is 2.44. The number of rotatable bonds is 2. The summed E-state index contributed by atoms with van der Waals surface area (Å²) >= 11 is 0. The summed E-state index contributed by atoms with van der Waals surface area (Å²) in [4.78, 5) is 20.0. The molecule has 9 nitrogen and oxygen atoms in total. The number of nitrogens with zero attached hydrogens (tertiary/aromatic N) is 6. The fraction of sp³-hybridized carbons (Fsp3) is 0.200. The van der Waals surface area contributed by atoms with Gasteiger partial charge in [-0.3, -0.25) is 10.1 Å². The van der Waals surface area contributed by atoms with Crippen molar-refractivity contribution in [3.05, 3.63) is 29.7 Å². The molecule has 3 aromatic rings. The fourth-order valence-corrected chi connectivity index (χ4v) is 1.46. The van der Waals surface area contributed by atoms with Gasteiger partial charge in [0, 0.05) is 18.8 Å². The second kappa shape index (κ2) is 4.12. The number of hydrogen-bond acceptors (Lipinski definition) is 7. The Labute approximate surface area is 106 Å². The number of nitrogens with one attached hydrogen (secondary N) is 1. The van der Waals surface area contributed by atoms with Crippen molar-refractivity contribution in [1.29, 1.82) is 0 Å². The van der Waals surface area contributed by atoms with Crippen molar-refractivity contribution in [3.8, 4) is 0 Å². The minimum Gasteiger partial charge on any atom is -0.408 e. The second-order valence-electron chi connectivity index (χ2n) is 3.83. The van der Waals surface area contributed by atoms with Crippen molar-refractivity contribution in [2.45, 2.75) is 13.8 Å². The van der Waals surface area contributed by atoms with Gasteiger partial charge in [-0.2, -0.15) is 4.98 Å². The lowest BCUT2D eigenvalue weighted by Crippen LogP contribution is -2.14. The third-order valence-electron chi connectivity index (χ3n) is 2.30. The van der Waals surface area contributed by atoms with Gasteiger partial charge in [0.1, 0.15) is 0 Å². The SMILES string of the molecule is Cc1ccn2nc(C(=O)Nc3nnc(C)o3)nc2n1. The maximum absolute atomic E-state index is 11.9. The Morgan fingerprint density at radius 2 is 2.16 bits per heavy atom. The maximum atomic E-state index is 11.9. The molecule has 0 saturated carbocycles. The van der Waals surface area contributed by atoms with E-state index in [0.717, 1.165) is 5.69 Å². The standard InChI is InChI=1S/C10H9N7O2/c1-5-3-4-17-9(11-5)12-7(16-17)8(18)13-10-15-14-6(2)19-10/h3-4H,1-2H3,(H,13,15,18). The molecule has 0 atom stereocenters. The molecule has 3 aromatic heterocycles. The zero-order valence-electron chi connectivity index (χ0n) is 10.2.